The van der Waals surface area contributed by atoms with Gasteiger partial charge in [0.15, 0.2) is 0 Å². The van der Waals surface area contributed by atoms with Gasteiger partial charge in [-0.25, -0.2) is 0 Å². The van der Waals surface area contributed by atoms with Crippen molar-refractivity contribution in [2.75, 3.05) is 14.1 Å². The second-order valence-corrected chi connectivity index (χ2v) is 11.8. The normalized spacial score (nSPS) is 30.9. The fourth-order valence-electron chi connectivity index (χ4n) is 7.47. The molecule has 1 atom stereocenters. The van der Waals surface area contributed by atoms with Crippen LogP contribution in [0.4, 0.5) is 0 Å². The lowest BCUT2D eigenvalue weighted by Gasteiger charge is -2.56. The van der Waals surface area contributed by atoms with Crippen LogP contribution in [0.1, 0.15) is 129 Å². The SMILES string of the molecule is CCCCCCCCCCCCCC(CC(=O)C12CC3CC(CC(C3)C1)C2)N(C)C. The molecule has 1 unspecified atom stereocenters. The molecule has 0 aromatic rings. The van der Waals surface area contributed by atoms with Gasteiger partial charge in [-0.3, -0.25) is 4.79 Å². The molecule has 4 bridgehead atoms. The van der Waals surface area contributed by atoms with E-state index >= 15 is 0 Å². The second-order valence-electron chi connectivity index (χ2n) is 11.8. The maximum Gasteiger partial charge on any atom is 0.140 e. The lowest BCUT2D eigenvalue weighted by molar-refractivity contribution is -0.145. The third kappa shape index (κ3) is 6.81. The third-order valence-electron chi connectivity index (χ3n) is 8.92. The van der Waals surface area contributed by atoms with E-state index in [0.29, 0.717) is 11.8 Å². The fraction of sp³-hybridized carbons (Fsp3) is 0.964. The fourth-order valence-corrected chi connectivity index (χ4v) is 7.47. The van der Waals surface area contributed by atoms with Gasteiger partial charge in [0, 0.05) is 17.9 Å². The number of Topliss-reactive ketones (excluding diaryl/α,β-unsaturated/α-hetero) is 1. The van der Waals surface area contributed by atoms with Gasteiger partial charge in [0.1, 0.15) is 5.78 Å². The number of hydrogen-bond acceptors (Lipinski definition) is 2. The first kappa shape index (κ1) is 24.3. The Kier molecular flexibility index (Phi) is 9.73. The summed E-state index contributed by atoms with van der Waals surface area (Å²) in [5, 5.41) is 0. The molecule has 174 valence electrons. The van der Waals surface area contributed by atoms with E-state index in [9.17, 15) is 4.79 Å². The number of carbonyl (C=O) groups excluding carboxylic acids is 1. The molecule has 4 fully saturated rings. The van der Waals surface area contributed by atoms with Crippen LogP contribution in [0.2, 0.25) is 0 Å². The summed E-state index contributed by atoms with van der Waals surface area (Å²) in [4.78, 5) is 15.8. The number of rotatable bonds is 16. The van der Waals surface area contributed by atoms with Crippen molar-refractivity contribution in [3.63, 3.8) is 0 Å². The molecule has 0 N–H and O–H groups in total. The third-order valence-corrected chi connectivity index (χ3v) is 8.92. The number of hydrogen-bond donors (Lipinski definition) is 0. The van der Waals surface area contributed by atoms with Crippen molar-refractivity contribution in [3.05, 3.63) is 0 Å². The summed E-state index contributed by atoms with van der Waals surface area (Å²) in [7, 11) is 4.38. The molecule has 0 radical (unpaired) electrons. The van der Waals surface area contributed by atoms with Crippen molar-refractivity contribution in [3.8, 4) is 0 Å². The van der Waals surface area contributed by atoms with Crippen LogP contribution in [-0.2, 0) is 4.79 Å². The Balaban J connectivity index is 1.30. The Hall–Kier alpha value is -0.370. The van der Waals surface area contributed by atoms with Crippen LogP contribution in [-0.4, -0.2) is 30.8 Å². The van der Waals surface area contributed by atoms with Crippen molar-refractivity contribution in [2.24, 2.45) is 23.2 Å². The highest BCUT2D eigenvalue weighted by molar-refractivity contribution is 5.85. The molecule has 0 amide bonds. The maximum atomic E-state index is 13.5. The van der Waals surface area contributed by atoms with Gasteiger partial charge in [0.2, 0.25) is 0 Å². The minimum Gasteiger partial charge on any atom is -0.306 e. The maximum absolute atomic E-state index is 13.5. The van der Waals surface area contributed by atoms with Crippen LogP contribution in [0.25, 0.3) is 0 Å². The number of unbranched alkanes of at least 4 members (excludes halogenated alkanes) is 10. The molecule has 0 aromatic carbocycles. The highest BCUT2D eigenvalue weighted by Crippen LogP contribution is 2.60. The van der Waals surface area contributed by atoms with E-state index in [1.54, 1.807) is 0 Å². The standard InChI is InChI=1S/C28H51NO/c1-4-5-6-7-8-9-10-11-12-13-14-15-26(29(2)3)19-27(30)28-20-23-16-24(21-28)18-25(17-23)22-28/h23-26H,4-22H2,1-3H3. The zero-order valence-electron chi connectivity index (χ0n) is 20.6. The van der Waals surface area contributed by atoms with Crippen LogP contribution in [0.3, 0.4) is 0 Å². The topological polar surface area (TPSA) is 20.3 Å². The van der Waals surface area contributed by atoms with Crippen molar-refractivity contribution in [2.45, 2.75) is 135 Å². The van der Waals surface area contributed by atoms with Crippen molar-refractivity contribution in [1.29, 1.82) is 0 Å². The molecular formula is C28H51NO. The summed E-state index contributed by atoms with van der Waals surface area (Å²) in [6.07, 6.45) is 25.4. The molecule has 30 heavy (non-hydrogen) atoms. The zero-order chi connectivity index (χ0) is 21.4. The van der Waals surface area contributed by atoms with Gasteiger partial charge in [-0.2, -0.15) is 0 Å². The highest BCUT2D eigenvalue weighted by atomic mass is 16.1. The van der Waals surface area contributed by atoms with Crippen LogP contribution >= 0.6 is 0 Å². The molecule has 2 nitrogen and oxygen atoms in total. The van der Waals surface area contributed by atoms with E-state index in [2.05, 4.69) is 25.9 Å². The minimum absolute atomic E-state index is 0.0974. The lowest BCUT2D eigenvalue weighted by Crippen LogP contribution is -2.51. The molecular weight excluding hydrogens is 366 g/mol. The smallest absolute Gasteiger partial charge is 0.140 e. The van der Waals surface area contributed by atoms with Crippen molar-refractivity contribution in [1.82, 2.24) is 4.90 Å². The summed E-state index contributed by atoms with van der Waals surface area (Å²) in [6, 6.07) is 0.462. The summed E-state index contributed by atoms with van der Waals surface area (Å²) < 4.78 is 0. The predicted molar refractivity (Wildman–Crippen MR) is 129 cm³/mol. The van der Waals surface area contributed by atoms with E-state index in [-0.39, 0.29) is 5.41 Å². The van der Waals surface area contributed by atoms with E-state index < -0.39 is 0 Å². The number of nitrogens with zero attached hydrogens (tertiary/aromatic N) is 1. The molecule has 0 spiro atoms. The highest BCUT2D eigenvalue weighted by Gasteiger charge is 2.54. The Bertz CT molecular complexity index is 475. The van der Waals surface area contributed by atoms with Crippen molar-refractivity contribution >= 4 is 5.78 Å². The molecule has 0 saturated heterocycles. The average molecular weight is 418 g/mol. The summed E-state index contributed by atoms with van der Waals surface area (Å²) in [6.45, 7) is 2.29. The Morgan fingerprint density at radius 3 is 1.63 bits per heavy atom. The first-order valence-corrected chi connectivity index (χ1v) is 13.7. The van der Waals surface area contributed by atoms with E-state index in [1.165, 1.54) is 116 Å². The predicted octanol–water partition coefficient (Wildman–Crippen LogP) is 7.79. The summed E-state index contributed by atoms with van der Waals surface area (Å²) in [5.41, 5.74) is 0.0974. The molecule has 0 aliphatic heterocycles. The molecule has 2 heteroatoms. The minimum atomic E-state index is 0.0974. The molecule has 0 heterocycles. The lowest BCUT2D eigenvalue weighted by atomic mass is 9.48. The van der Waals surface area contributed by atoms with E-state index in [0.717, 1.165) is 24.2 Å². The Morgan fingerprint density at radius 1 is 0.767 bits per heavy atom. The van der Waals surface area contributed by atoms with Gasteiger partial charge < -0.3 is 4.90 Å². The van der Waals surface area contributed by atoms with Gasteiger partial charge in [-0.15, -0.1) is 0 Å². The first-order chi connectivity index (χ1) is 14.5. The van der Waals surface area contributed by atoms with Crippen LogP contribution in [0.5, 0.6) is 0 Å². The first-order valence-electron chi connectivity index (χ1n) is 13.7. The van der Waals surface area contributed by atoms with Crippen LogP contribution < -0.4 is 0 Å². The van der Waals surface area contributed by atoms with E-state index in [4.69, 9.17) is 0 Å². The molecule has 4 aliphatic carbocycles. The van der Waals surface area contributed by atoms with Crippen LogP contribution in [0.15, 0.2) is 0 Å². The molecule has 4 rings (SSSR count). The van der Waals surface area contributed by atoms with E-state index in [1.807, 2.05) is 0 Å². The molecule has 0 aromatic heterocycles. The van der Waals surface area contributed by atoms with Gasteiger partial charge >= 0.3 is 0 Å². The largest absolute Gasteiger partial charge is 0.306 e. The van der Waals surface area contributed by atoms with Gasteiger partial charge in [0.25, 0.3) is 0 Å². The average Bonchev–Trinajstić information content (AvgIpc) is 2.69. The summed E-state index contributed by atoms with van der Waals surface area (Å²) in [5.74, 6) is 3.28. The second kappa shape index (κ2) is 12.0. The van der Waals surface area contributed by atoms with Crippen LogP contribution in [0, 0.1) is 23.2 Å². The van der Waals surface area contributed by atoms with Gasteiger partial charge in [-0.1, -0.05) is 77.6 Å². The Morgan fingerprint density at radius 2 is 1.20 bits per heavy atom. The summed E-state index contributed by atoms with van der Waals surface area (Å²) >= 11 is 0. The monoisotopic (exact) mass is 417 g/mol. The zero-order valence-corrected chi connectivity index (χ0v) is 20.6. The van der Waals surface area contributed by atoms with Gasteiger partial charge in [0.05, 0.1) is 0 Å². The number of ketones is 1. The quantitative estimate of drug-likeness (QED) is 0.239. The number of carbonyl (C=O) groups is 1. The molecule has 4 saturated carbocycles. The van der Waals surface area contributed by atoms with Gasteiger partial charge in [-0.05, 0) is 76.8 Å². The molecule has 4 aliphatic rings. The Labute approximate surface area is 187 Å². The van der Waals surface area contributed by atoms with Crippen molar-refractivity contribution < 1.29 is 4.79 Å².